The first-order chi connectivity index (χ1) is 10.1. The monoisotopic (exact) mass is 282 g/mol. The largest absolute Gasteiger partial charge is 0.478 e. The van der Waals surface area contributed by atoms with Crippen LogP contribution in [0.25, 0.3) is 0 Å². The molecule has 0 fully saturated rings. The molecule has 0 unspecified atom stereocenters. The Morgan fingerprint density at radius 3 is 2.05 bits per heavy atom. The van der Waals surface area contributed by atoms with E-state index in [1.165, 1.54) is 23.3 Å². The molecule has 0 amide bonds. The first-order valence-electron chi connectivity index (χ1n) is 7.01. The van der Waals surface area contributed by atoms with E-state index < -0.39 is 5.97 Å². The minimum Gasteiger partial charge on any atom is -0.478 e. The Bertz CT molecular complexity index is 661. The second-order valence-corrected chi connectivity index (χ2v) is 4.71. The van der Waals surface area contributed by atoms with Crippen LogP contribution < -0.4 is 0 Å². The molecule has 21 heavy (non-hydrogen) atoms. The Balaban J connectivity index is 2.18. The number of azo groups is 1. The van der Waals surface area contributed by atoms with Gasteiger partial charge >= 0.3 is 5.97 Å². The molecule has 1 N–H and O–H groups in total. The van der Waals surface area contributed by atoms with E-state index in [9.17, 15) is 4.79 Å². The molecular formula is C17H18N2O2. The summed E-state index contributed by atoms with van der Waals surface area (Å²) in [4.78, 5) is 10.8. The summed E-state index contributed by atoms with van der Waals surface area (Å²) in [6.45, 7) is 4.26. The second kappa shape index (κ2) is 6.79. The lowest BCUT2D eigenvalue weighted by Gasteiger charge is -2.05. The van der Waals surface area contributed by atoms with Crippen LogP contribution in [0.4, 0.5) is 11.4 Å². The molecular weight excluding hydrogens is 264 g/mol. The van der Waals surface area contributed by atoms with Gasteiger partial charge in [0.15, 0.2) is 0 Å². The molecule has 108 valence electrons. The van der Waals surface area contributed by atoms with E-state index in [1.54, 1.807) is 12.1 Å². The van der Waals surface area contributed by atoms with Gasteiger partial charge < -0.3 is 5.11 Å². The van der Waals surface area contributed by atoms with Gasteiger partial charge in [0.2, 0.25) is 0 Å². The summed E-state index contributed by atoms with van der Waals surface area (Å²) in [7, 11) is 0. The summed E-state index contributed by atoms with van der Waals surface area (Å²) < 4.78 is 0. The van der Waals surface area contributed by atoms with Crippen LogP contribution in [-0.4, -0.2) is 11.1 Å². The predicted molar refractivity (Wildman–Crippen MR) is 82.8 cm³/mol. The van der Waals surface area contributed by atoms with Crippen molar-refractivity contribution >= 4 is 17.3 Å². The van der Waals surface area contributed by atoms with Crippen molar-refractivity contribution in [2.45, 2.75) is 26.7 Å². The Hall–Kier alpha value is -2.49. The fourth-order valence-electron chi connectivity index (χ4n) is 2.13. The highest BCUT2D eigenvalue weighted by Gasteiger charge is 2.02. The van der Waals surface area contributed by atoms with Gasteiger partial charge in [0.1, 0.15) is 0 Å². The predicted octanol–water partition coefficient (Wildman–Crippen LogP) is 4.93. The zero-order chi connectivity index (χ0) is 15.2. The minimum atomic E-state index is -0.943. The Morgan fingerprint density at radius 1 is 0.905 bits per heavy atom. The van der Waals surface area contributed by atoms with Crippen LogP contribution in [0.2, 0.25) is 0 Å². The SMILES string of the molecule is CCc1ccc(N=Nc2ccc(C(=O)O)cc2)cc1CC. The molecule has 4 heteroatoms. The summed E-state index contributed by atoms with van der Waals surface area (Å²) in [6, 6.07) is 12.4. The number of aryl methyl sites for hydroxylation is 2. The van der Waals surface area contributed by atoms with Crippen molar-refractivity contribution in [1.82, 2.24) is 0 Å². The van der Waals surface area contributed by atoms with Crippen molar-refractivity contribution in [3.05, 3.63) is 59.2 Å². The lowest BCUT2D eigenvalue weighted by Crippen LogP contribution is -1.93. The molecule has 0 aliphatic carbocycles. The zero-order valence-electron chi connectivity index (χ0n) is 12.2. The van der Waals surface area contributed by atoms with Crippen molar-refractivity contribution in [3.63, 3.8) is 0 Å². The third-order valence-electron chi connectivity index (χ3n) is 3.35. The van der Waals surface area contributed by atoms with Gasteiger partial charge in [0.05, 0.1) is 16.9 Å². The van der Waals surface area contributed by atoms with Crippen LogP contribution >= 0.6 is 0 Å². The van der Waals surface area contributed by atoms with E-state index in [1.807, 2.05) is 12.1 Å². The second-order valence-electron chi connectivity index (χ2n) is 4.71. The maximum absolute atomic E-state index is 10.8. The first-order valence-corrected chi connectivity index (χ1v) is 7.01. The molecule has 0 heterocycles. The van der Waals surface area contributed by atoms with E-state index in [0.29, 0.717) is 5.69 Å². The summed E-state index contributed by atoms with van der Waals surface area (Å²) >= 11 is 0. The minimum absolute atomic E-state index is 0.245. The maximum Gasteiger partial charge on any atom is 0.335 e. The van der Waals surface area contributed by atoms with Crippen molar-refractivity contribution in [3.8, 4) is 0 Å². The van der Waals surface area contributed by atoms with Crippen molar-refractivity contribution in [2.75, 3.05) is 0 Å². The highest BCUT2D eigenvalue weighted by Crippen LogP contribution is 2.22. The van der Waals surface area contributed by atoms with Crippen LogP contribution in [0.1, 0.15) is 35.3 Å². The van der Waals surface area contributed by atoms with Gasteiger partial charge in [-0.15, -0.1) is 0 Å². The number of carbonyl (C=O) groups is 1. The standard InChI is InChI=1S/C17H18N2O2/c1-3-12-5-10-16(11-13(12)4-2)19-18-15-8-6-14(7-9-15)17(20)21/h5-11H,3-4H2,1-2H3,(H,20,21). The van der Waals surface area contributed by atoms with Crippen LogP contribution in [-0.2, 0) is 12.8 Å². The van der Waals surface area contributed by atoms with Gasteiger partial charge in [0, 0.05) is 0 Å². The third-order valence-corrected chi connectivity index (χ3v) is 3.35. The molecule has 0 aromatic heterocycles. The van der Waals surface area contributed by atoms with E-state index in [2.05, 4.69) is 30.1 Å². The topological polar surface area (TPSA) is 62.0 Å². The lowest BCUT2D eigenvalue weighted by atomic mass is 10.0. The molecule has 0 bridgehead atoms. The number of aromatic carboxylic acids is 1. The first kappa shape index (κ1) is 14.9. The lowest BCUT2D eigenvalue weighted by molar-refractivity contribution is 0.0697. The van der Waals surface area contributed by atoms with Gasteiger partial charge in [-0.25, -0.2) is 4.79 Å². The molecule has 0 saturated carbocycles. The number of benzene rings is 2. The average molecular weight is 282 g/mol. The number of carboxylic acids is 1. The van der Waals surface area contributed by atoms with Crippen molar-refractivity contribution in [2.24, 2.45) is 10.2 Å². The Labute approximate surface area is 124 Å². The van der Waals surface area contributed by atoms with Gasteiger partial charge in [-0.3, -0.25) is 0 Å². The molecule has 2 aromatic rings. The van der Waals surface area contributed by atoms with Crippen LogP contribution in [0, 0.1) is 0 Å². The summed E-state index contributed by atoms with van der Waals surface area (Å²) in [6.07, 6.45) is 1.98. The third kappa shape index (κ3) is 3.75. The molecule has 0 atom stereocenters. The number of hydrogen-bond acceptors (Lipinski definition) is 3. The van der Waals surface area contributed by atoms with Gasteiger partial charge in [0.25, 0.3) is 0 Å². The summed E-state index contributed by atoms with van der Waals surface area (Å²) in [5.41, 5.74) is 4.32. The molecule has 0 radical (unpaired) electrons. The Morgan fingerprint density at radius 2 is 1.48 bits per heavy atom. The number of hydrogen-bond donors (Lipinski definition) is 1. The van der Waals surface area contributed by atoms with Crippen LogP contribution in [0.5, 0.6) is 0 Å². The van der Waals surface area contributed by atoms with Crippen LogP contribution in [0.3, 0.4) is 0 Å². The molecule has 2 rings (SSSR count). The van der Waals surface area contributed by atoms with Gasteiger partial charge in [-0.05, 0) is 60.4 Å². The van der Waals surface area contributed by atoms with Crippen molar-refractivity contribution in [1.29, 1.82) is 0 Å². The highest BCUT2D eigenvalue weighted by atomic mass is 16.4. The fourth-order valence-corrected chi connectivity index (χ4v) is 2.13. The number of carboxylic acid groups (broad SMARTS) is 1. The maximum atomic E-state index is 10.8. The number of rotatable bonds is 5. The number of nitrogens with zero attached hydrogens (tertiary/aromatic N) is 2. The van der Waals surface area contributed by atoms with E-state index in [0.717, 1.165) is 18.5 Å². The fraction of sp³-hybridized carbons (Fsp3) is 0.235. The van der Waals surface area contributed by atoms with Crippen molar-refractivity contribution < 1.29 is 9.90 Å². The van der Waals surface area contributed by atoms with Gasteiger partial charge in [-0.2, -0.15) is 10.2 Å². The molecule has 2 aromatic carbocycles. The molecule has 0 spiro atoms. The van der Waals surface area contributed by atoms with Crippen LogP contribution in [0.15, 0.2) is 52.7 Å². The quantitative estimate of drug-likeness (QED) is 0.791. The molecule has 0 aliphatic heterocycles. The molecule has 0 aliphatic rings. The molecule has 4 nitrogen and oxygen atoms in total. The normalized spacial score (nSPS) is 11.0. The summed E-state index contributed by atoms with van der Waals surface area (Å²) in [5, 5.41) is 17.2. The van der Waals surface area contributed by atoms with Gasteiger partial charge in [-0.1, -0.05) is 19.9 Å². The Kier molecular flexibility index (Phi) is 4.82. The van der Waals surface area contributed by atoms with E-state index >= 15 is 0 Å². The van der Waals surface area contributed by atoms with E-state index in [-0.39, 0.29) is 5.56 Å². The zero-order valence-corrected chi connectivity index (χ0v) is 12.2. The summed E-state index contributed by atoms with van der Waals surface area (Å²) in [5.74, 6) is -0.943. The smallest absolute Gasteiger partial charge is 0.335 e. The highest BCUT2D eigenvalue weighted by molar-refractivity contribution is 5.87. The van der Waals surface area contributed by atoms with E-state index in [4.69, 9.17) is 5.11 Å². The molecule has 0 saturated heterocycles. The average Bonchev–Trinajstić information content (AvgIpc) is 2.52.